The van der Waals surface area contributed by atoms with Crippen molar-refractivity contribution in [2.45, 2.75) is 58.3 Å². The van der Waals surface area contributed by atoms with Crippen LogP contribution in [-0.4, -0.2) is 36.9 Å². The van der Waals surface area contributed by atoms with Gasteiger partial charge in [-0.25, -0.2) is 0 Å². The van der Waals surface area contributed by atoms with Gasteiger partial charge < -0.3 is 4.74 Å². The van der Waals surface area contributed by atoms with E-state index in [1.807, 2.05) is 36.4 Å². The summed E-state index contributed by atoms with van der Waals surface area (Å²) in [5.41, 5.74) is 3.01. The monoisotopic (exact) mass is 419 g/mol. The van der Waals surface area contributed by atoms with Crippen molar-refractivity contribution in [2.75, 3.05) is 26.2 Å². The molecule has 0 N–H and O–H groups in total. The third kappa shape index (κ3) is 6.43. The molecule has 3 heteroatoms. The Labute approximate surface area is 187 Å². The molecule has 1 heterocycles. The number of nitrogens with zero attached hydrogens (tertiary/aromatic N) is 1. The van der Waals surface area contributed by atoms with Crippen molar-refractivity contribution in [3.63, 3.8) is 0 Å². The largest absolute Gasteiger partial charge is 0.492 e. The second-order valence-electron chi connectivity index (χ2n) is 9.53. The molecule has 0 bridgehead atoms. The van der Waals surface area contributed by atoms with Crippen LogP contribution in [-0.2, 0) is 0 Å². The fourth-order valence-electron chi connectivity index (χ4n) is 5.27. The van der Waals surface area contributed by atoms with E-state index in [0.29, 0.717) is 0 Å². The summed E-state index contributed by atoms with van der Waals surface area (Å²) in [5, 5.41) is 0. The van der Waals surface area contributed by atoms with Gasteiger partial charge in [0.1, 0.15) is 12.4 Å². The van der Waals surface area contributed by atoms with Crippen molar-refractivity contribution < 1.29 is 9.53 Å². The summed E-state index contributed by atoms with van der Waals surface area (Å²) >= 11 is 0. The van der Waals surface area contributed by atoms with Crippen LogP contribution in [0.4, 0.5) is 0 Å². The maximum Gasteiger partial charge on any atom is 0.159 e. The zero-order valence-electron chi connectivity index (χ0n) is 19.0. The normalized spacial score (nSPS) is 18.7. The highest BCUT2D eigenvalue weighted by atomic mass is 16.5. The van der Waals surface area contributed by atoms with Crippen LogP contribution >= 0.6 is 0 Å². The van der Waals surface area contributed by atoms with Gasteiger partial charge in [-0.3, -0.25) is 9.69 Å². The number of ketones is 1. The van der Waals surface area contributed by atoms with E-state index >= 15 is 0 Å². The Balaban J connectivity index is 1.17. The van der Waals surface area contributed by atoms with Gasteiger partial charge >= 0.3 is 0 Å². The molecule has 0 unspecified atom stereocenters. The van der Waals surface area contributed by atoms with Crippen molar-refractivity contribution in [3.8, 4) is 16.9 Å². The van der Waals surface area contributed by atoms with E-state index in [-0.39, 0.29) is 5.78 Å². The molecule has 0 aromatic heterocycles. The van der Waals surface area contributed by atoms with Gasteiger partial charge in [-0.2, -0.15) is 0 Å². The second-order valence-corrected chi connectivity index (χ2v) is 9.53. The predicted molar refractivity (Wildman–Crippen MR) is 128 cm³/mol. The van der Waals surface area contributed by atoms with Gasteiger partial charge in [0.15, 0.2) is 5.78 Å². The average Bonchev–Trinajstić information content (AvgIpc) is 2.81. The predicted octanol–water partition coefficient (Wildman–Crippen LogP) is 6.62. The lowest BCUT2D eigenvalue weighted by molar-refractivity contribution is 0.101. The van der Waals surface area contributed by atoms with Crippen molar-refractivity contribution in [3.05, 3.63) is 54.1 Å². The topological polar surface area (TPSA) is 29.5 Å². The molecule has 4 rings (SSSR count). The highest BCUT2D eigenvalue weighted by Crippen LogP contribution is 2.32. The number of Topliss-reactive ketones (excluding diaryl/α,β-unsaturated/α-hetero) is 1. The molecule has 1 aliphatic carbocycles. The van der Waals surface area contributed by atoms with Crippen LogP contribution in [0, 0.1) is 11.8 Å². The Kier molecular flexibility index (Phi) is 7.80. The lowest BCUT2D eigenvalue weighted by atomic mass is 9.80. The summed E-state index contributed by atoms with van der Waals surface area (Å²) < 4.78 is 6.01. The quantitative estimate of drug-likeness (QED) is 0.450. The van der Waals surface area contributed by atoms with Gasteiger partial charge in [0.05, 0.1) is 0 Å². The molecule has 3 nitrogen and oxygen atoms in total. The van der Waals surface area contributed by atoms with Gasteiger partial charge in [0.2, 0.25) is 0 Å². The molecule has 0 amide bonds. The van der Waals surface area contributed by atoms with Gasteiger partial charge in [-0.05, 0) is 74.4 Å². The third-order valence-corrected chi connectivity index (χ3v) is 7.25. The molecule has 1 aliphatic heterocycles. The summed E-state index contributed by atoms with van der Waals surface area (Å²) in [5.74, 6) is 3.00. The Morgan fingerprint density at radius 3 is 2.03 bits per heavy atom. The van der Waals surface area contributed by atoms with Crippen molar-refractivity contribution in [1.82, 2.24) is 4.90 Å². The Morgan fingerprint density at radius 2 is 1.42 bits per heavy atom. The number of benzene rings is 2. The minimum absolute atomic E-state index is 0.101. The molecule has 2 fully saturated rings. The van der Waals surface area contributed by atoms with Crippen LogP contribution in [0.2, 0.25) is 0 Å². The smallest absolute Gasteiger partial charge is 0.159 e. The van der Waals surface area contributed by atoms with E-state index in [1.54, 1.807) is 6.92 Å². The third-order valence-electron chi connectivity index (χ3n) is 7.25. The lowest BCUT2D eigenvalue weighted by Crippen LogP contribution is -2.37. The van der Waals surface area contributed by atoms with E-state index in [2.05, 4.69) is 17.0 Å². The highest BCUT2D eigenvalue weighted by Gasteiger charge is 2.23. The lowest BCUT2D eigenvalue weighted by Gasteiger charge is -2.34. The molecular formula is C28H37NO2. The van der Waals surface area contributed by atoms with Crippen molar-refractivity contribution in [1.29, 1.82) is 0 Å². The van der Waals surface area contributed by atoms with Gasteiger partial charge in [-0.1, -0.05) is 68.5 Å². The maximum absolute atomic E-state index is 11.4. The standard InChI is InChI=1S/C28H37NO2/c1-22(30)25-7-9-26(10-8-25)27-11-13-28(14-12-27)31-20-19-29-17-15-24(16-18-29)21-23-5-3-2-4-6-23/h7-14,23-24H,2-6,15-21H2,1H3. The Morgan fingerprint density at radius 1 is 0.839 bits per heavy atom. The van der Waals surface area contributed by atoms with Gasteiger partial charge in [-0.15, -0.1) is 0 Å². The average molecular weight is 420 g/mol. The molecule has 0 atom stereocenters. The van der Waals surface area contributed by atoms with E-state index < -0.39 is 0 Å². The van der Waals surface area contributed by atoms with E-state index in [1.165, 1.54) is 64.5 Å². The number of piperidine rings is 1. The van der Waals surface area contributed by atoms with E-state index in [0.717, 1.165) is 47.4 Å². The van der Waals surface area contributed by atoms with E-state index in [4.69, 9.17) is 4.74 Å². The number of carbonyl (C=O) groups excluding carboxylic acids is 1. The Bertz CT molecular complexity index is 813. The molecule has 1 saturated carbocycles. The minimum atomic E-state index is 0.101. The summed E-state index contributed by atoms with van der Waals surface area (Å²) in [6.07, 6.45) is 11.6. The van der Waals surface area contributed by atoms with Crippen molar-refractivity contribution in [2.24, 2.45) is 11.8 Å². The number of carbonyl (C=O) groups is 1. The first-order chi connectivity index (χ1) is 15.2. The summed E-state index contributed by atoms with van der Waals surface area (Å²) in [6.45, 7) is 5.83. The van der Waals surface area contributed by atoms with Crippen LogP contribution in [0.3, 0.4) is 0 Å². The number of hydrogen-bond donors (Lipinski definition) is 0. The summed E-state index contributed by atoms with van der Waals surface area (Å²) in [7, 11) is 0. The molecule has 166 valence electrons. The highest BCUT2D eigenvalue weighted by molar-refractivity contribution is 5.94. The van der Waals surface area contributed by atoms with Crippen molar-refractivity contribution >= 4 is 5.78 Å². The second kappa shape index (κ2) is 10.9. The summed E-state index contributed by atoms with van der Waals surface area (Å²) in [4.78, 5) is 14.0. The van der Waals surface area contributed by atoms with Crippen LogP contribution in [0.25, 0.3) is 11.1 Å². The molecule has 0 radical (unpaired) electrons. The number of likely N-dealkylation sites (tertiary alicyclic amines) is 1. The molecule has 31 heavy (non-hydrogen) atoms. The van der Waals surface area contributed by atoms with Gasteiger partial charge in [0.25, 0.3) is 0 Å². The molecule has 0 spiro atoms. The Hall–Kier alpha value is -2.13. The number of ether oxygens (including phenoxy) is 1. The van der Waals surface area contributed by atoms with E-state index in [9.17, 15) is 4.79 Å². The van der Waals surface area contributed by atoms with Crippen LogP contribution < -0.4 is 4.74 Å². The molecule has 1 saturated heterocycles. The fourth-order valence-corrected chi connectivity index (χ4v) is 5.27. The maximum atomic E-state index is 11.4. The fraction of sp³-hybridized carbons (Fsp3) is 0.536. The van der Waals surface area contributed by atoms with Crippen LogP contribution in [0.5, 0.6) is 5.75 Å². The molecular weight excluding hydrogens is 382 g/mol. The molecule has 2 aromatic rings. The van der Waals surface area contributed by atoms with Crippen LogP contribution in [0.1, 0.15) is 68.6 Å². The zero-order chi connectivity index (χ0) is 21.5. The van der Waals surface area contributed by atoms with Crippen LogP contribution in [0.15, 0.2) is 48.5 Å². The first-order valence-corrected chi connectivity index (χ1v) is 12.2. The number of rotatable bonds is 8. The molecule has 2 aromatic carbocycles. The first kappa shape index (κ1) is 22.1. The number of hydrogen-bond acceptors (Lipinski definition) is 3. The SMILES string of the molecule is CC(=O)c1ccc(-c2ccc(OCCN3CCC(CC4CCCCC4)CC3)cc2)cc1. The first-order valence-electron chi connectivity index (χ1n) is 12.2. The minimum Gasteiger partial charge on any atom is -0.492 e. The summed E-state index contributed by atoms with van der Waals surface area (Å²) in [6, 6.07) is 16.1. The van der Waals surface area contributed by atoms with Gasteiger partial charge in [0, 0.05) is 12.1 Å². The molecule has 2 aliphatic rings. The zero-order valence-corrected chi connectivity index (χ0v) is 19.0.